The second-order valence-corrected chi connectivity index (χ2v) is 4.17. The molecule has 1 aromatic carbocycles. The van der Waals surface area contributed by atoms with Crippen molar-refractivity contribution < 1.29 is 0 Å². The van der Waals surface area contributed by atoms with E-state index in [2.05, 4.69) is 33.4 Å². The van der Waals surface area contributed by atoms with Gasteiger partial charge in [-0.25, -0.2) is 0 Å². The standard InChI is InChI=1S/C11H9BrN2/c12-11-2-1-9(10(4-11)5-13)3-8-6-14-7-8/h1-4,14H,6-7H2. The Morgan fingerprint density at radius 1 is 1.43 bits per heavy atom. The van der Waals surface area contributed by atoms with Crippen molar-refractivity contribution in [3.63, 3.8) is 0 Å². The Balaban J connectivity index is 2.38. The minimum absolute atomic E-state index is 0.721. The van der Waals surface area contributed by atoms with Crippen LogP contribution in [-0.2, 0) is 0 Å². The normalized spacial score (nSPS) is 14.4. The van der Waals surface area contributed by atoms with Crippen LogP contribution in [0.2, 0.25) is 0 Å². The third-order valence-corrected chi connectivity index (χ3v) is 2.69. The molecule has 3 heteroatoms. The van der Waals surface area contributed by atoms with E-state index in [4.69, 9.17) is 5.26 Å². The summed E-state index contributed by atoms with van der Waals surface area (Å²) < 4.78 is 0.947. The van der Waals surface area contributed by atoms with Gasteiger partial charge in [-0.15, -0.1) is 0 Å². The predicted molar refractivity (Wildman–Crippen MR) is 59.7 cm³/mol. The highest BCUT2D eigenvalue weighted by Gasteiger charge is 2.08. The zero-order valence-corrected chi connectivity index (χ0v) is 9.13. The van der Waals surface area contributed by atoms with Gasteiger partial charge in [-0.3, -0.25) is 0 Å². The Morgan fingerprint density at radius 2 is 2.21 bits per heavy atom. The smallest absolute Gasteiger partial charge is 0.0998 e. The van der Waals surface area contributed by atoms with Gasteiger partial charge < -0.3 is 5.32 Å². The van der Waals surface area contributed by atoms with E-state index in [1.54, 1.807) is 0 Å². The van der Waals surface area contributed by atoms with Gasteiger partial charge in [0, 0.05) is 17.6 Å². The van der Waals surface area contributed by atoms with Gasteiger partial charge in [-0.1, -0.05) is 28.1 Å². The van der Waals surface area contributed by atoms with Crippen LogP contribution in [0.25, 0.3) is 6.08 Å². The molecule has 0 unspecified atom stereocenters. The molecule has 0 bridgehead atoms. The van der Waals surface area contributed by atoms with E-state index in [0.29, 0.717) is 0 Å². The van der Waals surface area contributed by atoms with E-state index in [1.807, 2.05) is 18.2 Å². The summed E-state index contributed by atoms with van der Waals surface area (Å²) in [7, 11) is 0. The maximum Gasteiger partial charge on any atom is 0.0998 e. The van der Waals surface area contributed by atoms with E-state index in [9.17, 15) is 0 Å². The van der Waals surface area contributed by atoms with Gasteiger partial charge in [0.05, 0.1) is 11.6 Å². The van der Waals surface area contributed by atoms with Crippen LogP contribution in [-0.4, -0.2) is 13.1 Å². The van der Waals surface area contributed by atoms with Crippen molar-refractivity contribution in [1.82, 2.24) is 5.32 Å². The molecule has 1 aliphatic heterocycles. The van der Waals surface area contributed by atoms with E-state index in [-0.39, 0.29) is 0 Å². The van der Waals surface area contributed by atoms with E-state index < -0.39 is 0 Å². The minimum atomic E-state index is 0.721. The fraction of sp³-hybridized carbons (Fsp3) is 0.182. The molecule has 2 nitrogen and oxygen atoms in total. The maximum atomic E-state index is 8.93. The zero-order chi connectivity index (χ0) is 9.97. The van der Waals surface area contributed by atoms with Crippen molar-refractivity contribution in [1.29, 1.82) is 5.26 Å². The molecule has 1 saturated heterocycles. The van der Waals surface area contributed by atoms with Crippen molar-refractivity contribution in [2.24, 2.45) is 0 Å². The third-order valence-electron chi connectivity index (χ3n) is 2.20. The Morgan fingerprint density at radius 3 is 2.79 bits per heavy atom. The molecular weight excluding hydrogens is 240 g/mol. The second-order valence-electron chi connectivity index (χ2n) is 3.25. The molecule has 1 heterocycles. The van der Waals surface area contributed by atoms with E-state index >= 15 is 0 Å². The molecule has 0 aromatic heterocycles. The van der Waals surface area contributed by atoms with Crippen LogP contribution in [0.1, 0.15) is 11.1 Å². The summed E-state index contributed by atoms with van der Waals surface area (Å²) in [4.78, 5) is 0. The average Bonchev–Trinajstić information content (AvgIpc) is 2.13. The van der Waals surface area contributed by atoms with Crippen LogP contribution < -0.4 is 5.32 Å². The molecule has 14 heavy (non-hydrogen) atoms. The summed E-state index contributed by atoms with van der Waals surface area (Å²) in [6.45, 7) is 1.89. The topological polar surface area (TPSA) is 35.8 Å². The summed E-state index contributed by atoms with van der Waals surface area (Å²) in [6.07, 6.45) is 2.08. The number of nitriles is 1. The Kier molecular flexibility index (Phi) is 2.67. The number of benzene rings is 1. The molecule has 2 rings (SSSR count). The average molecular weight is 249 g/mol. The van der Waals surface area contributed by atoms with Crippen molar-refractivity contribution in [3.8, 4) is 6.07 Å². The molecule has 0 radical (unpaired) electrons. The van der Waals surface area contributed by atoms with Gasteiger partial charge in [-0.2, -0.15) is 5.26 Å². The van der Waals surface area contributed by atoms with E-state index in [0.717, 1.165) is 28.7 Å². The fourth-order valence-electron chi connectivity index (χ4n) is 1.34. The van der Waals surface area contributed by atoms with Gasteiger partial charge >= 0.3 is 0 Å². The van der Waals surface area contributed by atoms with Gasteiger partial charge in [0.1, 0.15) is 0 Å². The molecule has 0 saturated carbocycles. The highest BCUT2D eigenvalue weighted by atomic mass is 79.9. The number of hydrogen-bond donors (Lipinski definition) is 1. The van der Waals surface area contributed by atoms with Crippen molar-refractivity contribution >= 4 is 22.0 Å². The quantitative estimate of drug-likeness (QED) is 0.828. The molecule has 0 aliphatic carbocycles. The molecule has 0 spiro atoms. The van der Waals surface area contributed by atoms with Crippen LogP contribution in [0.15, 0.2) is 28.2 Å². The first kappa shape index (κ1) is 9.45. The van der Waals surface area contributed by atoms with Crippen molar-refractivity contribution in [2.45, 2.75) is 0 Å². The van der Waals surface area contributed by atoms with Gasteiger partial charge in [0.2, 0.25) is 0 Å². The number of halogens is 1. The fourth-order valence-corrected chi connectivity index (χ4v) is 1.70. The Labute approximate surface area is 91.4 Å². The minimum Gasteiger partial charge on any atom is -0.309 e. The molecule has 70 valence electrons. The molecule has 1 aromatic rings. The first-order valence-electron chi connectivity index (χ1n) is 4.39. The lowest BCUT2D eigenvalue weighted by atomic mass is 10.0. The zero-order valence-electron chi connectivity index (χ0n) is 7.55. The van der Waals surface area contributed by atoms with Gasteiger partial charge in [0.15, 0.2) is 0 Å². The van der Waals surface area contributed by atoms with Gasteiger partial charge in [0.25, 0.3) is 0 Å². The second kappa shape index (κ2) is 3.95. The first-order chi connectivity index (χ1) is 6.79. The molecular formula is C11H9BrN2. The van der Waals surface area contributed by atoms with Crippen LogP contribution in [0.5, 0.6) is 0 Å². The third kappa shape index (κ3) is 1.87. The van der Waals surface area contributed by atoms with E-state index in [1.165, 1.54) is 5.57 Å². The summed E-state index contributed by atoms with van der Waals surface area (Å²) >= 11 is 3.35. The van der Waals surface area contributed by atoms with Crippen LogP contribution >= 0.6 is 15.9 Å². The van der Waals surface area contributed by atoms with Crippen molar-refractivity contribution in [2.75, 3.05) is 13.1 Å². The molecule has 1 aliphatic rings. The summed E-state index contributed by atoms with van der Waals surface area (Å²) in [6, 6.07) is 7.96. The molecule has 1 fully saturated rings. The number of nitrogens with one attached hydrogen (secondary N) is 1. The number of hydrogen-bond acceptors (Lipinski definition) is 2. The maximum absolute atomic E-state index is 8.93. The molecule has 1 N–H and O–H groups in total. The lowest BCUT2D eigenvalue weighted by Gasteiger charge is -2.18. The number of nitrogens with zero attached hydrogens (tertiary/aromatic N) is 1. The summed E-state index contributed by atoms with van der Waals surface area (Å²) in [5.74, 6) is 0. The highest BCUT2D eigenvalue weighted by molar-refractivity contribution is 9.10. The SMILES string of the molecule is N#Cc1cc(Br)ccc1C=C1CNC1. The Hall–Kier alpha value is -1.11. The summed E-state index contributed by atoms with van der Waals surface area (Å²) in [5.41, 5.74) is 3.08. The molecule has 0 atom stereocenters. The highest BCUT2D eigenvalue weighted by Crippen LogP contribution is 2.19. The predicted octanol–water partition coefficient (Wildman–Crippen LogP) is 2.31. The van der Waals surface area contributed by atoms with Crippen molar-refractivity contribution in [3.05, 3.63) is 39.4 Å². The summed E-state index contributed by atoms with van der Waals surface area (Å²) in [5, 5.41) is 12.1. The largest absolute Gasteiger partial charge is 0.309 e. The van der Waals surface area contributed by atoms with Crippen LogP contribution in [0.4, 0.5) is 0 Å². The lowest BCUT2D eigenvalue weighted by Crippen LogP contribution is -2.33. The lowest BCUT2D eigenvalue weighted by molar-refractivity contribution is 0.675. The molecule has 0 amide bonds. The van der Waals surface area contributed by atoms with Crippen LogP contribution in [0, 0.1) is 11.3 Å². The number of rotatable bonds is 1. The monoisotopic (exact) mass is 248 g/mol. The van der Waals surface area contributed by atoms with Crippen LogP contribution in [0.3, 0.4) is 0 Å². The van der Waals surface area contributed by atoms with Gasteiger partial charge in [-0.05, 0) is 23.3 Å². The first-order valence-corrected chi connectivity index (χ1v) is 5.19. The Bertz CT molecular complexity index is 423.